The molecule has 1 amide bonds. The van der Waals surface area contributed by atoms with Crippen molar-refractivity contribution in [1.29, 1.82) is 0 Å². The molecule has 9 nitrogen and oxygen atoms in total. The fraction of sp³-hybridized carbons (Fsp3) is 0.429. The lowest BCUT2D eigenvalue weighted by Crippen LogP contribution is -2.53. The molecule has 1 aliphatic rings. The van der Waals surface area contributed by atoms with Gasteiger partial charge in [-0.2, -0.15) is 17.0 Å². The largest absolute Gasteiger partial charge is 0.417 e. The summed E-state index contributed by atoms with van der Waals surface area (Å²) in [5, 5.41) is 0. The molecule has 130 valence electrons. The maximum Gasteiger partial charge on any atom is 0.417 e. The lowest BCUT2D eigenvalue weighted by Gasteiger charge is -2.35. The summed E-state index contributed by atoms with van der Waals surface area (Å²) in [6.07, 6.45) is 0. The Morgan fingerprint density at radius 2 is 1.88 bits per heavy atom. The first-order valence-electron chi connectivity index (χ1n) is 7.39. The van der Waals surface area contributed by atoms with Crippen LogP contribution in [0.15, 0.2) is 27.4 Å². The topological polar surface area (TPSA) is 107 Å². The Hall–Kier alpha value is -2.17. The van der Waals surface area contributed by atoms with Gasteiger partial charge in [0.2, 0.25) is 0 Å². The number of H-pyrrole nitrogens is 1. The average Bonchev–Trinajstić information content (AvgIpc) is 2.93. The second kappa shape index (κ2) is 6.04. The minimum Gasteiger partial charge on any atom is -0.408 e. The van der Waals surface area contributed by atoms with Crippen molar-refractivity contribution in [2.75, 3.05) is 40.3 Å². The van der Waals surface area contributed by atoms with E-state index < -0.39 is 16.0 Å². The molecule has 0 radical (unpaired) electrons. The number of hydrogen-bond donors (Lipinski definition) is 1. The molecular weight excluding hydrogens is 336 g/mol. The summed E-state index contributed by atoms with van der Waals surface area (Å²) in [5.41, 5.74) is 1.27. The number of aromatic nitrogens is 1. The zero-order valence-electron chi connectivity index (χ0n) is 13.4. The number of amides is 1. The first-order chi connectivity index (χ1) is 11.3. The zero-order valence-corrected chi connectivity index (χ0v) is 14.2. The number of rotatable bonds is 3. The van der Waals surface area contributed by atoms with Gasteiger partial charge in [0.15, 0.2) is 5.58 Å². The zero-order chi connectivity index (χ0) is 17.5. The Balaban J connectivity index is 1.73. The summed E-state index contributed by atoms with van der Waals surface area (Å²) >= 11 is 0. The summed E-state index contributed by atoms with van der Waals surface area (Å²) in [6.45, 7) is 1.12. The SMILES string of the molecule is CN(C)S(=O)(=O)N1CCN(C(=O)c2ccc3oc(=O)[nH]c3c2)CC1. The van der Waals surface area contributed by atoms with Crippen LogP contribution in [0.4, 0.5) is 0 Å². The molecule has 0 saturated carbocycles. The third-order valence-electron chi connectivity index (χ3n) is 3.98. The van der Waals surface area contributed by atoms with Gasteiger partial charge in [-0.05, 0) is 18.2 Å². The quantitative estimate of drug-likeness (QED) is 0.813. The molecule has 1 fully saturated rings. The molecule has 0 unspecified atom stereocenters. The van der Waals surface area contributed by atoms with Gasteiger partial charge in [-0.1, -0.05) is 0 Å². The Morgan fingerprint density at radius 3 is 2.50 bits per heavy atom. The number of nitrogens with zero attached hydrogens (tertiary/aromatic N) is 3. The molecule has 0 spiro atoms. The number of piperazine rings is 1. The molecule has 0 bridgehead atoms. The predicted molar refractivity (Wildman–Crippen MR) is 86.9 cm³/mol. The first-order valence-corrected chi connectivity index (χ1v) is 8.78. The number of carbonyl (C=O) groups excluding carboxylic acids is 1. The molecule has 10 heteroatoms. The number of hydrogen-bond acceptors (Lipinski definition) is 5. The monoisotopic (exact) mass is 354 g/mol. The number of oxazole rings is 1. The van der Waals surface area contributed by atoms with Gasteiger partial charge in [-0.15, -0.1) is 0 Å². The average molecular weight is 354 g/mol. The Labute approximate surface area is 138 Å². The van der Waals surface area contributed by atoms with Crippen LogP contribution < -0.4 is 5.76 Å². The Kier molecular flexibility index (Phi) is 4.20. The second-order valence-corrected chi connectivity index (χ2v) is 7.85. The van der Waals surface area contributed by atoms with Crippen LogP contribution in [0.2, 0.25) is 0 Å². The lowest BCUT2D eigenvalue weighted by molar-refractivity contribution is 0.0695. The third-order valence-corrected chi connectivity index (χ3v) is 5.92. The maximum absolute atomic E-state index is 12.6. The van der Waals surface area contributed by atoms with Gasteiger partial charge in [-0.3, -0.25) is 9.78 Å². The number of benzene rings is 1. The van der Waals surface area contributed by atoms with Gasteiger partial charge in [0, 0.05) is 45.8 Å². The van der Waals surface area contributed by atoms with Crippen LogP contribution in [0.3, 0.4) is 0 Å². The number of nitrogens with one attached hydrogen (secondary N) is 1. The highest BCUT2D eigenvalue weighted by molar-refractivity contribution is 7.86. The molecular formula is C14H18N4O5S. The molecule has 2 heterocycles. The van der Waals surface area contributed by atoms with Gasteiger partial charge in [0.05, 0.1) is 5.52 Å². The Bertz CT molecular complexity index is 922. The van der Waals surface area contributed by atoms with Gasteiger partial charge in [0.25, 0.3) is 16.1 Å². The van der Waals surface area contributed by atoms with Crippen molar-refractivity contribution in [1.82, 2.24) is 18.5 Å². The molecule has 2 aromatic rings. The van der Waals surface area contributed by atoms with Crippen molar-refractivity contribution < 1.29 is 17.6 Å². The predicted octanol–water partition coefficient (Wildman–Crippen LogP) is -0.315. The number of aromatic amines is 1. The molecule has 1 N–H and O–H groups in total. The third kappa shape index (κ3) is 2.95. The normalized spacial score (nSPS) is 16.9. The van der Waals surface area contributed by atoms with Gasteiger partial charge in [0.1, 0.15) is 0 Å². The van der Waals surface area contributed by atoms with Crippen molar-refractivity contribution >= 4 is 27.2 Å². The van der Waals surface area contributed by atoms with Gasteiger partial charge in [-0.25, -0.2) is 4.79 Å². The van der Waals surface area contributed by atoms with Crippen molar-refractivity contribution in [3.05, 3.63) is 34.3 Å². The maximum atomic E-state index is 12.6. The van der Waals surface area contributed by atoms with Crippen LogP contribution in [0.25, 0.3) is 11.1 Å². The summed E-state index contributed by atoms with van der Waals surface area (Å²) in [4.78, 5) is 27.8. The van der Waals surface area contributed by atoms with Crippen LogP contribution >= 0.6 is 0 Å². The van der Waals surface area contributed by atoms with E-state index in [1.807, 2.05) is 0 Å². The van der Waals surface area contributed by atoms with Crippen LogP contribution in [0.1, 0.15) is 10.4 Å². The summed E-state index contributed by atoms with van der Waals surface area (Å²) < 4.78 is 31.6. The van der Waals surface area contributed by atoms with Gasteiger partial charge >= 0.3 is 5.76 Å². The molecule has 1 saturated heterocycles. The Morgan fingerprint density at radius 1 is 1.21 bits per heavy atom. The van der Waals surface area contributed by atoms with Crippen LogP contribution in [-0.4, -0.2) is 73.1 Å². The molecule has 0 atom stereocenters. The van der Waals surface area contributed by atoms with E-state index in [0.29, 0.717) is 29.8 Å². The van der Waals surface area contributed by atoms with E-state index in [1.165, 1.54) is 18.4 Å². The van der Waals surface area contributed by atoms with Gasteiger partial charge < -0.3 is 9.32 Å². The first kappa shape index (κ1) is 16.7. The smallest absolute Gasteiger partial charge is 0.408 e. The van der Waals surface area contributed by atoms with E-state index >= 15 is 0 Å². The molecule has 0 aliphatic carbocycles. The molecule has 3 rings (SSSR count). The molecule has 1 aromatic heterocycles. The van der Waals surface area contributed by atoms with E-state index in [-0.39, 0.29) is 19.0 Å². The highest BCUT2D eigenvalue weighted by Crippen LogP contribution is 2.16. The van der Waals surface area contributed by atoms with Crippen LogP contribution in [0.5, 0.6) is 0 Å². The molecule has 1 aromatic carbocycles. The number of carbonyl (C=O) groups is 1. The van der Waals surface area contributed by atoms with E-state index in [2.05, 4.69) is 4.98 Å². The second-order valence-electron chi connectivity index (χ2n) is 5.71. The standard InChI is InChI=1S/C14H18N4O5S/c1-16(2)24(21,22)18-7-5-17(6-8-18)13(19)10-3-4-12-11(9-10)15-14(20)23-12/h3-4,9H,5-8H2,1-2H3,(H,15,20). The minimum atomic E-state index is -3.46. The van der Waals surface area contributed by atoms with Crippen molar-refractivity contribution in [3.8, 4) is 0 Å². The van der Waals surface area contributed by atoms with E-state index in [0.717, 1.165) is 4.31 Å². The fourth-order valence-corrected chi connectivity index (χ4v) is 3.71. The van der Waals surface area contributed by atoms with Crippen LogP contribution in [-0.2, 0) is 10.2 Å². The lowest BCUT2D eigenvalue weighted by atomic mass is 10.1. The summed E-state index contributed by atoms with van der Waals surface area (Å²) in [5.74, 6) is -0.780. The highest BCUT2D eigenvalue weighted by atomic mass is 32.2. The van der Waals surface area contributed by atoms with Crippen LogP contribution in [0, 0.1) is 0 Å². The van der Waals surface area contributed by atoms with E-state index in [9.17, 15) is 18.0 Å². The summed E-state index contributed by atoms with van der Waals surface area (Å²) in [6, 6.07) is 4.71. The summed E-state index contributed by atoms with van der Waals surface area (Å²) in [7, 11) is -0.503. The van der Waals surface area contributed by atoms with E-state index in [1.54, 1.807) is 23.1 Å². The van der Waals surface area contributed by atoms with E-state index in [4.69, 9.17) is 4.42 Å². The van der Waals surface area contributed by atoms with Crippen molar-refractivity contribution in [2.45, 2.75) is 0 Å². The van der Waals surface area contributed by atoms with Crippen molar-refractivity contribution in [2.24, 2.45) is 0 Å². The molecule has 24 heavy (non-hydrogen) atoms. The number of fused-ring (bicyclic) bond motifs is 1. The van der Waals surface area contributed by atoms with Crippen molar-refractivity contribution in [3.63, 3.8) is 0 Å². The molecule has 1 aliphatic heterocycles. The fourth-order valence-electron chi connectivity index (χ4n) is 2.62. The highest BCUT2D eigenvalue weighted by Gasteiger charge is 2.30. The minimum absolute atomic E-state index is 0.208.